The highest BCUT2D eigenvalue weighted by atomic mass is 32.2. The molecular formula is C12H25N3O2S. The summed E-state index contributed by atoms with van der Waals surface area (Å²) in [4.78, 5) is 4.70. The summed E-state index contributed by atoms with van der Waals surface area (Å²) in [6.45, 7) is 5.51. The smallest absolute Gasteiger partial charge is 0.152 e. The molecule has 2 rings (SSSR count). The molecule has 6 heteroatoms. The van der Waals surface area contributed by atoms with Crippen LogP contribution >= 0.6 is 0 Å². The topological polar surface area (TPSA) is 66.6 Å². The van der Waals surface area contributed by atoms with Gasteiger partial charge in [-0.1, -0.05) is 6.92 Å². The largest absolute Gasteiger partial charge is 0.329 e. The number of nitrogens with two attached hydrogens (primary N) is 1. The Morgan fingerprint density at radius 3 is 2.61 bits per heavy atom. The van der Waals surface area contributed by atoms with Crippen molar-refractivity contribution in [2.75, 3.05) is 44.7 Å². The molecule has 2 heterocycles. The van der Waals surface area contributed by atoms with E-state index in [9.17, 15) is 8.42 Å². The summed E-state index contributed by atoms with van der Waals surface area (Å²) in [5, 5.41) is 0. The molecule has 2 aliphatic rings. The first-order chi connectivity index (χ1) is 8.42. The minimum Gasteiger partial charge on any atom is -0.329 e. The zero-order valence-electron chi connectivity index (χ0n) is 11.4. The van der Waals surface area contributed by atoms with Gasteiger partial charge >= 0.3 is 0 Å². The summed E-state index contributed by atoms with van der Waals surface area (Å²) in [5.41, 5.74) is 5.62. The van der Waals surface area contributed by atoms with Gasteiger partial charge in [-0.3, -0.25) is 4.90 Å². The average molecular weight is 275 g/mol. The lowest BCUT2D eigenvalue weighted by Gasteiger charge is -2.47. The molecule has 106 valence electrons. The molecule has 0 aliphatic carbocycles. The summed E-state index contributed by atoms with van der Waals surface area (Å²) in [5.74, 6) is 0.546. The Morgan fingerprint density at radius 1 is 1.39 bits per heavy atom. The molecule has 5 nitrogen and oxygen atoms in total. The molecular weight excluding hydrogens is 250 g/mol. The van der Waals surface area contributed by atoms with Crippen molar-refractivity contribution in [1.29, 1.82) is 0 Å². The Hall–Kier alpha value is -0.170. The van der Waals surface area contributed by atoms with Gasteiger partial charge in [0, 0.05) is 37.8 Å². The molecule has 18 heavy (non-hydrogen) atoms. The standard InChI is InChI=1S/C12H25N3O2S/c1-3-11-8-15(6-5-14(11)2)12(9-13)4-7-18(16,17)10-12/h11H,3-10,13H2,1-2H3. The molecule has 2 aliphatic heterocycles. The van der Waals surface area contributed by atoms with Gasteiger partial charge in [-0.15, -0.1) is 0 Å². The minimum atomic E-state index is -2.89. The molecule has 0 aromatic rings. The third-order valence-electron chi connectivity index (χ3n) is 4.67. The number of nitrogens with zero attached hydrogens (tertiary/aromatic N) is 2. The normalized spacial score (nSPS) is 38.1. The van der Waals surface area contributed by atoms with E-state index in [1.165, 1.54) is 0 Å². The Morgan fingerprint density at radius 2 is 2.11 bits per heavy atom. The second kappa shape index (κ2) is 5.07. The van der Waals surface area contributed by atoms with E-state index in [-0.39, 0.29) is 11.3 Å². The maximum atomic E-state index is 11.8. The van der Waals surface area contributed by atoms with Crippen molar-refractivity contribution in [2.24, 2.45) is 5.73 Å². The number of rotatable bonds is 3. The van der Waals surface area contributed by atoms with Gasteiger partial charge in [0.2, 0.25) is 0 Å². The van der Waals surface area contributed by atoms with E-state index < -0.39 is 9.84 Å². The third-order valence-corrected chi connectivity index (χ3v) is 6.47. The summed E-state index contributed by atoms with van der Waals surface area (Å²) < 4.78 is 23.5. The summed E-state index contributed by atoms with van der Waals surface area (Å²) in [6, 6.07) is 0.519. The van der Waals surface area contributed by atoms with Crippen molar-refractivity contribution in [3.05, 3.63) is 0 Å². The lowest BCUT2D eigenvalue weighted by molar-refractivity contribution is 0.0240. The van der Waals surface area contributed by atoms with Gasteiger partial charge in [-0.05, 0) is 19.9 Å². The number of sulfone groups is 1. The molecule has 0 spiro atoms. The first kappa shape index (κ1) is 14.2. The van der Waals surface area contributed by atoms with Crippen molar-refractivity contribution in [3.63, 3.8) is 0 Å². The van der Waals surface area contributed by atoms with Crippen LogP contribution in [0.5, 0.6) is 0 Å². The minimum absolute atomic E-state index is 0.247. The second-order valence-corrected chi connectivity index (χ2v) is 7.94. The molecule has 0 bridgehead atoms. The Bertz CT molecular complexity index is 398. The maximum Gasteiger partial charge on any atom is 0.152 e. The molecule has 2 unspecified atom stereocenters. The van der Waals surface area contributed by atoms with Crippen LogP contribution in [-0.4, -0.2) is 74.5 Å². The highest BCUT2D eigenvalue weighted by Gasteiger charge is 2.46. The first-order valence-electron chi connectivity index (χ1n) is 6.78. The van der Waals surface area contributed by atoms with Crippen LogP contribution in [0.3, 0.4) is 0 Å². The molecule has 0 amide bonds. The van der Waals surface area contributed by atoms with Gasteiger partial charge in [-0.25, -0.2) is 8.42 Å². The Balaban J connectivity index is 2.14. The van der Waals surface area contributed by atoms with Crippen molar-refractivity contribution < 1.29 is 8.42 Å². The van der Waals surface area contributed by atoms with Gasteiger partial charge < -0.3 is 10.6 Å². The van der Waals surface area contributed by atoms with Crippen LogP contribution in [0.1, 0.15) is 19.8 Å². The predicted octanol–water partition coefficient (Wildman–Crippen LogP) is -0.472. The second-order valence-electron chi connectivity index (χ2n) is 5.76. The van der Waals surface area contributed by atoms with Crippen LogP contribution in [0.25, 0.3) is 0 Å². The lowest BCUT2D eigenvalue weighted by Crippen LogP contribution is -2.63. The SMILES string of the molecule is CCC1CN(C2(CN)CCS(=O)(=O)C2)CCN1C. The van der Waals surface area contributed by atoms with E-state index in [1.807, 2.05) is 0 Å². The zero-order chi connectivity index (χ0) is 13.4. The van der Waals surface area contributed by atoms with Crippen molar-refractivity contribution in [2.45, 2.75) is 31.3 Å². The molecule has 0 saturated carbocycles. The number of hydrogen-bond donors (Lipinski definition) is 1. The molecule has 0 aromatic carbocycles. The van der Waals surface area contributed by atoms with Gasteiger partial charge in [0.1, 0.15) is 0 Å². The summed E-state index contributed by atoms with van der Waals surface area (Å²) >= 11 is 0. The summed E-state index contributed by atoms with van der Waals surface area (Å²) in [6.07, 6.45) is 1.80. The van der Waals surface area contributed by atoms with Gasteiger partial charge in [0.15, 0.2) is 9.84 Å². The van der Waals surface area contributed by atoms with E-state index in [0.717, 1.165) is 26.1 Å². The van der Waals surface area contributed by atoms with Gasteiger partial charge in [0.25, 0.3) is 0 Å². The third kappa shape index (κ3) is 2.57. The average Bonchev–Trinajstić information content (AvgIpc) is 2.67. The molecule has 2 saturated heterocycles. The van der Waals surface area contributed by atoms with E-state index >= 15 is 0 Å². The van der Waals surface area contributed by atoms with Crippen LogP contribution in [0.4, 0.5) is 0 Å². The van der Waals surface area contributed by atoms with Crippen LogP contribution in [0.15, 0.2) is 0 Å². The molecule has 2 fully saturated rings. The maximum absolute atomic E-state index is 11.8. The highest BCUT2D eigenvalue weighted by Crippen LogP contribution is 2.31. The van der Waals surface area contributed by atoms with Crippen molar-refractivity contribution >= 4 is 9.84 Å². The monoisotopic (exact) mass is 275 g/mol. The Kier molecular flexibility index (Phi) is 4.02. The fourth-order valence-electron chi connectivity index (χ4n) is 3.26. The summed E-state index contributed by atoms with van der Waals surface area (Å²) in [7, 11) is -0.743. The number of likely N-dealkylation sites (N-methyl/N-ethyl adjacent to an activating group) is 1. The first-order valence-corrected chi connectivity index (χ1v) is 8.60. The van der Waals surface area contributed by atoms with Gasteiger partial charge in [-0.2, -0.15) is 0 Å². The molecule has 2 atom stereocenters. The fourth-order valence-corrected chi connectivity index (χ4v) is 5.36. The van der Waals surface area contributed by atoms with Crippen molar-refractivity contribution in [1.82, 2.24) is 9.80 Å². The van der Waals surface area contributed by atoms with E-state index in [4.69, 9.17) is 5.73 Å². The van der Waals surface area contributed by atoms with Gasteiger partial charge in [0.05, 0.1) is 11.5 Å². The molecule has 0 aromatic heterocycles. The molecule has 0 radical (unpaired) electrons. The number of piperazine rings is 1. The van der Waals surface area contributed by atoms with Crippen LogP contribution in [-0.2, 0) is 9.84 Å². The van der Waals surface area contributed by atoms with Crippen LogP contribution in [0, 0.1) is 0 Å². The van der Waals surface area contributed by atoms with E-state index in [1.54, 1.807) is 0 Å². The lowest BCUT2D eigenvalue weighted by atomic mass is 9.94. The van der Waals surface area contributed by atoms with E-state index in [0.29, 0.717) is 24.8 Å². The zero-order valence-corrected chi connectivity index (χ0v) is 12.2. The number of hydrogen-bond acceptors (Lipinski definition) is 5. The van der Waals surface area contributed by atoms with Crippen LogP contribution < -0.4 is 5.73 Å². The fraction of sp³-hybridized carbons (Fsp3) is 1.00. The van der Waals surface area contributed by atoms with Crippen LogP contribution in [0.2, 0.25) is 0 Å². The quantitative estimate of drug-likeness (QED) is 0.754. The molecule has 2 N–H and O–H groups in total. The van der Waals surface area contributed by atoms with Crippen molar-refractivity contribution in [3.8, 4) is 0 Å². The van der Waals surface area contributed by atoms with E-state index in [2.05, 4.69) is 23.8 Å². The Labute approximate surface area is 110 Å². The predicted molar refractivity (Wildman–Crippen MR) is 73.3 cm³/mol. The highest BCUT2D eigenvalue weighted by molar-refractivity contribution is 7.91.